The fourth-order valence-electron chi connectivity index (χ4n) is 2.80. The van der Waals surface area contributed by atoms with Gasteiger partial charge in [-0.15, -0.1) is 10.2 Å². The van der Waals surface area contributed by atoms with E-state index in [2.05, 4.69) is 21.6 Å². The third kappa shape index (κ3) is 4.70. The maximum absolute atomic E-state index is 12.2. The van der Waals surface area contributed by atoms with E-state index in [0.717, 1.165) is 41.5 Å². The van der Waals surface area contributed by atoms with Gasteiger partial charge in [0.2, 0.25) is 11.0 Å². The molecule has 1 aliphatic carbocycles. The SMILES string of the molecule is COc1cccc(CSc2nnc(NC(=O)C3CCCCC3)s2)c1. The summed E-state index contributed by atoms with van der Waals surface area (Å²) in [5, 5.41) is 11.8. The number of hydrogen-bond acceptors (Lipinski definition) is 6. The fraction of sp³-hybridized carbons (Fsp3) is 0.471. The molecule has 7 heteroatoms. The number of thioether (sulfide) groups is 1. The van der Waals surface area contributed by atoms with E-state index in [9.17, 15) is 4.79 Å². The Bertz CT molecular complexity index is 684. The Labute approximate surface area is 150 Å². The van der Waals surface area contributed by atoms with Crippen molar-refractivity contribution in [1.29, 1.82) is 0 Å². The summed E-state index contributed by atoms with van der Waals surface area (Å²) in [6.07, 6.45) is 5.52. The van der Waals surface area contributed by atoms with Crippen molar-refractivity contribution in [2.45, 2.75) is 42.2 Å². The maximum Gasteiger partial charge on any atom is 0.229 e. The van der Waals surface area contributed by atoms with E-state index in [1.165, 1.54) is 23.3 Å². The molecule has 1 aromatic carbocycles. The maximum atomic E-state index is 12.2. The van der Waals surface area contributed by atoms with Crippen LogP contribution in [0, 0.1) is 5.92 Å². The van der Waals surface area contributed by atoms with E-state index in [0.29, 0.717) is 5.13 Å². The Hall–Kier alpha value is -1.60. The average Bonchev–Trinajstić information content (AvgIpc) is 3.08. The summed E-state index contributed by atoms with van der Waals surface area (Å²) in [6.45, 7) is 0. The minimum Gasteiger partial charge on any atom is -0.497 e. The first-order chi connectivity index (χ1) is 11.7. The number of anilines is 1. The van der Waals surface area contributed by atoms with Gasteiger partial charge in [-0.05, 0) is 30.5 Å². The Morgan fingerprint density at radius 2 is 2.17 bits per heavy atom. The van der Waals surface area contributed by atoms with Gasteiger partial charge in [-0.25, -0.2) is 0 Å². The number of carbonyl (C=O) groups excluding carboxylic acids is 1. The Morgan fingerprint density at radius 1 is 1.33 bits per heavy atom. The number of nitrogens with one attached hydrogen (secondary N) is 1. The molecule has 1 N–H and O–H groups in total. The van der Waals surface area contributed by atoms with Crippen LogP contribution in [0.1, 0.15) is 37.7 Å². The van der Waals surface area contributed by atoms with Crippen LogP contribution >= 0.6 is 23.1 Å². The van der Waals surface area contributed by atoms with Crippen LogP contribution in [0.3, 0.4) is 0 Å². The predicted molar refractivity (Wildman–Crippen MR) is 97.7 cm³/mol. The van der Waals surface area contributed by atoms with Gasteiger partial charge in [-0.3, -0.25) is 4.79 Å². The van der Waals surface area contributed by atoms with Crippen molar-refractivity contribution in [1.82, 2.24) is 10.2 Å². The van der Waals surface area contributed by atoms with Gasteiger partial charge in [0.1, 0.15) is 5.75 Å². The highest BCUT2D eigenvalue weighted by atomic mass is 32.2. The van der Waals surface area contributed by atoms with Crippen LogP contribution in [0.2, 0.25) is 0 Å². The van der Waals surface area contributed by atoms with Crippen LogP contribution in [-0.4, -0.2) is 23.2 Å². The molecule has 0 unspecified atom stereocenters. The smallest absolute Gasteiger partial charge is 0.229 e. The van der Waals surface area contributed by atoms with Gasteiger partial charge in [0.05, 0.1) is 7.11 Å². The number of carbonyl (C=O) groups is 1. The molecular formula is C17H21N3O2S2. The van der Waals surface area contributed by atoms with E-state index in [4.69, 9.17) is 4.74 Å². The van der Waals surface area contributed by atoms with Crippen LogP contribution in [-0.2, 0) is 10.5 Å². The second kappa shape index (κ2) is 8.48. The molecule has 3 rings (SSSR count). The second-order valence-electron chi connectivity index (χ2n) is 5.84. The number of nitrogens with zero attached hydrogens (tertiary/aromatic N) is 2. The van der Waals surface area contributed by atoms with E-state index in [-0.39, 0.29) is 11.8 Å². The largest absolute Gasteiger partial charge is 0.497 e. The number of aromatic nitrogens is 2. The lowest BCUT2D eigenvalue weighted by Crippen LogP contribution is -2.24. The summed E-state index contributed by atoms with van der Waals surface area (Å²) < 4.78 is 6.09. The molecule has 1 saturated carbocycles. The summed E-state index contributed by atoms with van der Waals surface area (Å²) in [4.78, 5) is 12.2. The zero-order chi connectivity index (χ0) is 16.8. The molecule has 1 aliphatic rings. The predicted octanol–water partition coefficient (Wildman–Crippen LogP) is 4.36. The molecule has 128 valence electrons. The lowest BCUT2D eigenvalue weighted by molar-refractivity contribution is -0.120. The molecule has 0 saturated heterocycles. The van der Waals surface area contributed by atoms with Crippen molar-refractivity contribution < 1.29 is 9.53 Å². The number of ether oxygens (including phenoxy) is 1. The zero-order valence-corrected chi connectivity index (χ0v) is 15.3. The van der Waals surface area contributed by atoms with Crippen molar-refractivity contribution in [2.24, 2.45) is 5.92 Å². The van der Waals surface area contributed by atoms with Gasteiger partial charge in [-0.1, -0.05) is 54.5 Å². The van der Waals surface area contributed by atoms with E-state index in [1.54, 1.807) is 18.9 Å². The van der Waals surface area contributed by atoms with Gasteiger partial charge >= 0.3 is 0 Å². The monoisotopic (exact) mass is 363 g/mol. The van der Waals surface area contributed by atoms with E-state index in [1.807, 2.05) is 18.2 Å². The quantitative estimate of drug-likeness (QED) is 0.610. The molecule has 5 nitrogen and oxygen atoms in total. The highest BCUT2D eigenvalue weighted by Gasteiger charge is 2.22. The number of benzene rings is 1. The molecule has 0 aliphatic heterocycles. The lowest BCUT2D eigenvalue weighted by atomic mass is 9.89. The van der Waals surface area contributed by atoms with Crippen molar-refractivity contribution in [3.05, 3.63) is 29.8 Å². The van der Waals surface area contributed by atoms with Crippen LogP contribution in [0.15, 0.2) is 28.6 Å². The van der Waals surface area contributed by atoms with Gasteiger partial charge in [0, 0.05) is 11.7 Å². The topological polar surface area (TPSA) is 64.1 Å². The summed E-state index contributed by atoms with van der Waals surface area (Å²) >= 11 is 3.05. The van der Waals surface area contributed by atoms with Crippen LogP contribution in [0.25, 0.3) is 0 Å². The van der Waals surface area contributed by atoms with Gasteiger partial charge < -0.3 is 10.1 Å². The van der Waals surface area contributed by atoms with Crippen LogP contribution in [0.4, 0.5) is 5.13 Å². The van der Waals surface area contributed by atoms with Crippen molar-refractivity contribution in [2.75, 3.05) is 12.4 Å². The first-order valence-electron chi connectivity index (χ1n) is 8.14. The third-order valence-electron chi connectivity index (χ3n) is 4.11. The molecule has 0 radical (unpaired) electrons. The molecule has 0 bridgehead atoms. The first-order valence-corrected chi connectivity index (χ1v) is 9.95. The molecule has 0 spiro atoms. The standard InChI is InChI=1S/C17H21N3O2S2/c1-22-14-9-5-6-12(10-14)11-23-17-20-19-16(24-17)18-15(21)13-7-3-2-4-8-13/h5-6,9-10,13H,2-4,7-8,11H2,1H3,(H,18,19,21). The Morgan fingerprint density at radius 3 is 2.96 bits per heavy atom. The molecule has 1 heterocycles. The number of amides is 1. The lowest BCUT2D eigenvalue weighted by Gasteiger charge is -2.19. The highest BCUT2D eigenvalue weighted by Crippen LogP contribution is 2.30. The minimum absolute atomic E-state index is 0.0928. The normalized spacial score (nSPS) is 15.2. The van der Waals surface area contributed by atoms with Gasteiger partial charge in [-0.2, -0.15) is 0 Å². The molecule has 1 amide bonds. The number of methoxy groups -OCH3 is 1. The first kappa shape index (κ1) is 17.2. The second-order valence-corrected chi connectivity index (χ2v) is 8.04. The molecule has 1 fully saturated rings. The fourth-order valence-corrected chi connectivity index (χ4v) is 4.50. The number of rotatable bonds is 6. The summed E-state index contributed by atoms with van der Waals surface area (Å²) in [5.74, 6) is 1.87. The highest BCUT2D eigenvalue weighted by molar-refractivity contribution is 8.00. The molecular weight excluding hydrogens is 342 g/mol. The summed E-state index contributed by atoms with van der Waals surface area (Å²) in [5.41, 5.74) is 1.17. The molecule has 0 atom stereocenters. The summed E-state index contributed by atoms with van der Waals surface area (Å²) in [7, 11) is 1.66. The number of hydrogen-bond donors (Lipinski definition) is 1. The van der Waals surface area contributed by atoms with Crippen molar-refractivity contribution in [3.63, 3.8) is 0 Å². The Kier molecular flexibility index (Phi) is 6.09. The van der Waals surface area contributed by atoms with Crippen LogP contribution in [0.5, 0.6) is 5.75 Å². The molecule has 24 heavy (non-hydrogen) atoms. The molecule has 1 aromatic heterocycles. The van der Waals surface area contributed by atoms with Crippen molar-refractivity contribution in [3.8, 4) is 5.75 Å². The minimum atomic E-state index is 0.0928. The zero-order valence-electron chi connectivity index (χ0n) is 13.7. The average molecular weight is 364 g/mol. The van der Waals surface area contributed by atoms with Crippen molar-refractivity contribution >= 4 is 34.1 Å². The van der Waals surface area contributed by atoms with Crippen LogP contribution < -0.4 is 10.1 Å². The molecule has 2 aromatic rings. The summed E-state index contributed by atoms with van der Waals surface area (Å²) in [6, 6.07) is 7.98. The Balaban J connectivity index is 1.52. The van der Waals surface area contributed by atoms with Gasteiger partial charge in [0.15, 0.2) is 4.34 Å². The van der Waals surface area contributed by atoms with E-state index >= 15 is 0 Å². The third-order valence-corrected chi connectivity index (χ3v) is 6.15. The van der Waals surface area contributed by atoms with Gasteiger partial charge in [0.25, 0.3) is 0 Å². The van der Waals surface area contributed by atoms with E-state index < -0.39 is 0 Å².